The topological polar surface area (TPSA) is 70.1 Å². The molecule has 0 spiro atoms. The van der Waals surface area contributed by atoms with Crippen LogP contribution in [-0.2, 0) is 16.1 Å². The number of nitrogens with two attached hydrogens (primary N) is 1. The predicted octanol–water partition coefficient (Wildman–Crippen LogP) is 0.337. The molecule has 0 fully saturated rings. The third-order valence-electron chi connectivity index (χ3n) is 1.73. The number of carbonyl (C=O) groups is 1. The van der Waals surface area contributed by atoms with E-state index in [0.717, 1.165) is 5.69 Å². The van der Waals surface area contributed by atoms with E-state index in [1.54, 1.807) is 6.92 Å². The molecule has 0 aliphatic carbocycles. The lowest BCUT2D eigenvalue weighted by atomic mass is 10.4. The van der Waals surface area contributed by atoms with Crippen LogP contribution >= 0.6 is 0 Å². The van der Waals surface area contributed by atoms with Gasteiger partial charge in [0.2, 0.25) is 0 Å². The zero-order chi connectivity index (χ0) is 9.84. The summed E-state index contributed by atoms with van der Waals surface area (Å²) in [5, 5.41) is 3.93. The van der Waals surface area contributed by atoms with Crippen molar-refractivity contribution >= 4 is 11.7 Å². The Kier molecular flexibility index (Phi) is 2.89. The summed E-state index contributed by atoms with van der Waals surface area (Å²) in [4.78, 5) is 11.1. The summed E-state index contributed by atoms with van der Waals surface area (Å²) in [5.41, 5.74) is 6.93. The molecule has 0 aliphatic rings. The molecule has 0 bridgehead atoms. The van der Waals surface area contributed by atoms with Gasteiger partial charge in [-0.3, -0.25) is 9.48 Å². The Morgan fingerprint density at radius 3 is 2.92 bits per heavy atom. The van der Waals surface area contributed by atoms with Gasteiger partial charge in [-0.05, 0) is 13.8 Å². The molecule has 2 N–H and O–H groups in total. The van der Waals surface area contributed by atoms with Crippen LogP contribution < -0.4 is 5.73 Å². The first-order valence-corrected chi connectivity index (χ1v) is 4.08. The van der Waals surface area contributed by atoms with E-state index in [4.69, 9.17) is 10.5 Å². The Hall–Kier alpha value is -1.52. The molecule has 1 rings (SSSR count). The van der Waals surface area contributed by atoms with Crippen molar-refractivity contribution in [3.63, 3.8) is 0 Å². The standard InChI is InChI=1S/C8H13N3O2/c1-3-13-8(12)5-11-6(2)7(9)4-10-11/h4H,3,5,9H2,1-2H3. The summed E-state index contributed by atoms with van der Waals surface area (Å²) in [6, 6.07) is 0. The van der Waals surface area contributed by atoms with Gasteiger partial charge in [-0.15, -0.1) is 0 Å². The van der Waals surface area contributed by atoms with Gasteiger partial charge < -0.3 is 10.5 Å². The fraction of sp³-hybridized carbons (Fsp3) is 0.500. The molecule has 1 aromatic rings. The number of nitrogens with zero attached hydrogens (tertiary/aromatic N) is 2. The van der Waals surface area contributed by atoms with Crippen LogP contribution in [0.3, 0.4) is 0 Å². The van der Waals surface area contributed by atoms with Gasteiger partial charge in [-0.2, -0.15) is 5.10 Å². The highest BCUT2D eigenvalue weighted by Gasteiger charge is 2.07. The highest BCUT2D eigenvalue weighted by molar-refractivity contribution is 5.69. The lowest BCUT2D eigenvalue weighted by molar-refractivity contribution is -0.144. The van der Waals surface area contributed by atoms with Crippen molar-refractivity contribution in [1.29, 1.82) is 0 Å². The van der Waals surface area contributed by atoms with Gasteiger partial charge in [0.05, 0.1) is 24.2 Å². The first kappa shape index (κ1) is 9.57. The molecule has 0 atom stereocenters. The van der Waals surface area contributed by atoms with Gasteiger partial charge in [0, 0.05) is 0 Å². The van der Waals surface area contributed by atoms with E-state index in [1.807, 2.05) is 6.92 Å². The monoisotopic (exact) mass is 183 g/mol. The van der Waals surface area contributed by atoms with Crippen LogP contribution in [0.1, 0.15) is 12.6 Å². The van der Waals surface area contributed by atoms with Crippen molar-refractivity contribution in [3.05, 3.63) is 11.9 Å². The molecule has 0 saturated heterocycles. The van der Waals surface area contributed by atoms with Crippen LogP contribution in [0.4, 0.5) is 5.69 Å². The average molecular weight is 183 g/mol. The second-order valence-corrected chi connectivity index (χ2v) is 2.65. The highest BCUT2D eigenvalue weighted by Crippen LogP contribution is 2.07. The van der Waals surface area contributed by atoms with Crippen molar-refractivity contribution < 1.29 is 9.53 Å². The molecule has 0 aromatic carbocycles. The van der Waals surface area contributed by atoms with Crippen LogP contribution in [0.5, 0.6) is 0 Å². The number of ether oxygens (including phenoxy) is 1. The number of nitrogen functional groups attached to an aromatic ring is 1. The van der Waals surface area contributed by atoms with Gasteiger partial charge in [-0.25, -0.2) is 0 Å². The minimum absolute atomic E-state index is 0.122. The first-order chi connectivity index (χ1) is 6.15. The van der Waals surface area contributed by atoms with Crippen molar-refractivity contribution in [2.24, 2.45) is 0 Å². The molecule has 72 valence electrons. The van der Waals surface area contributed by atoms with Crippen LogP contribution in [0, 0.1) is 6.92 Å². The molecule has 1 aromatic heterocycles. The third-order valence-corrected chi connectivity index (χ3v) is 1.73. The number of esters is 1. The quantitative estimate of drug-likeness (QED) is 0.686. The van der Waals surface area contributed by atoms with E-state index in [2.05, 4.69) is 5.10 Å². The zero-order valence-corrected chi connectivity index (χ0v) is 7.78. The van der Waals surface area contributed by atoms with Crippen molar-refractivity contribution in [2.75, 3.05) is 12.3 Å². The maximum absolute atomic E-state index is 11.1. The maximum atomic E-state index is 11.1. The van der Waals surface area contributed by atoms with Crippen LogP contribution in [-0.4, -0.2) is 22.4 Å². The van der Waals surface area contributed by atoms with Crippen molar-refractivity contribution in [1.82, 2.24) is 9.78 Å². The molecule has 5 nitrogen and oxygen atoms in total. The fourth-order valence-corrected chi connectivity index (χ4v) is 0.949. The first-order valence-electron chi connectivity index (χ1n) is 4.08. The minimum Gasteiger partial charge on any atom is -0.465 e. The van der Waals surface area contributed by atoms with Gasteiger partial charge in [0.1, 0.15) is 6.54 Å². The van der Waals surface area contributed by atoms with Gasteiger partial charge >= 0.3 is 5.97 Å². The van der Waals surface area contributed by atoms with E-state index >= 15 is 0 Å². The van der Waals surface area contributed by atoms with Crippen molar-refractivity contribution in [3.8, 4) is 0 Å². The average Bonchev–Trinajstić information content (AvgIpc) is 2.37. The molecule has 0 amide bonds. The van der Waals surface area contributed by atoms with E-state index in [-0.39, 0.29) is 12.5 Å². The molecular weight excluding hydrogens is 170 g/mol. The van der Waals surface area contributed by atoms with Crippen LogP contribution in [0.25, 0.3) is 0 Å². The summed E-state index contributed by atoms with van der Waals surface area (Å²) >= 11 is 0. The zero-order valence-electron chi connectivity index (χ0n) is 7.78. The third kappa shape index (κ3) is 2.21. The number of hydrogen-bond acceptors (Lipinski definition) is 4. The summed E-state index contributed by atoms with van der Waals surface area (Å²) < 4.78 is 6.29. The van der Waals surface area contributed by atoms with Crippen LogP contribution in [0.2, 0.25) is 0 Å². The number of rotatable bonds is 3. The summed E-state index contributed by atoms with van der Waals surface area (Å²) in [7, 11) is 0. The van der Waals surface area contributed by atoms with E-state index in [0.29, 0.717) is 12.3 Å². The fourth-order valence-electron chi connectivity index (χ4n) is 0.949. The molecule has 13 heavy (non-hydrogen) atoms. The van der Waals surface area contributed by atoms with Crippen molar-refractivity contribution in [2.45, 2.75) is 20.4 Å². The molecule has 1 heterocycles. The maximum Gasteiger partial charge on any atom is 0.327 e. The molecule has 0 unspecified atom stereocenters. The molecular formula is C8H13N3O2. The number of aromatic nitrogens is 2. The van der Waals surface area contributed by atoms with Gasteiger partial charge in [0.25, 0.3) is 0 Å². The summed E-state index contributed by atoms with van der Waals surface area (Å²) in [5.74, 6) is -0.297. The number of anilines is 1. The second kappa shape index (κ2) is 3.93. The lowest BCUT2D eigenvalue weighted by Gasteiger charge is -2.03. The second-order valence-electron chi connectivity index (χ2n) is 2.65. The Labute approximate surface area is 76.5 Å². The van der Waals surface area contributed by atoms with E-state index in [9.17, 15) is 4.79 Å². The van der Waals surface area contributed by atoms with Crippen LogP contribution in [0.15, 0.2) is 6.20 Å². The Balaban J connectivity index is 2.64. The number of hydrogen-bond donors (Lipinski definition) is 1. The molecule has 0 aliphatic heterocycles. The summed E-state index contributed by atoms with van der Waals surface area (Å²) in [6.45, 7) is 4.08. The Morgan fingerprint density at radius 1 is 1.77 bits per heavy atom. The Morgan fingerprint density at radius 2 is 2.46 bits per heavy atom. The van der Waals surface area contributed by atoms with Gasteiger partial charge in [0.15, 0.2) is 0 Å². The molecule has 5 heteroatoms. The Bertz CT molecular complexity index is 306. The summed E-state index contributed by atoms with van der Waals surface area (Å²) in [6.07, 6.45) is 1.52. The highest BCUT2D eigenvalue weighted by atomic mass is 16.5. The smallest absolute Gasteiger partial charge is 0.327 e. The molecule has 0 radical (unpaired) electrons. The minimum atomic E-state index is -0.297. The van der Waals surface area contributed by atoms with Gasteiger partial charge in [-0.1, -0.05) is 0 Å². The number of carbonyl (C=O) groups excluding carboxylic acids is 1. The van der Waals surface area contributed by atoms with E-state index < -0.39 is 0 Å². The predicted molar refractivity (Wildman–Crippen MR) is 48.0 cm³/mol. The molecule has 0 saturated carbocycles. The largest absolute Gasteiger partial charge is 0.465 e. The van der Waals surface area contributed by atoms with E-state index in [1.165, 1.54) is 10.9 Å². The lowest BCUT2D eigenvalue weighted by Crippen LogP contribution is -2.15. The normalized spacial score (nSPS) is 10.0. The SMILES string of the molecule is CCOC(=O)Cn1ncc(N)c1C.